The van der Waals surface area contributed by atoms with E-state index < -0.39 is 0 Å². The van der Waals surface area contributed by atoms with Gasteiger partial charge in [-0.1, -0.05) is 12.1 Å². The summed E-state index contributed by atoms with van der Waals surface area (Å²) >= 11 is 0. The molecule has 0 saturated carbocycles. The van der Waals surface area contributed by atoms with Crippen LogP contribution in [0.5, 0.6) is 0 Å². The molecule has 0 aliphatic carbocycles. The number of aromatic nitrogens is 1. The number of piperidine rings is 2. The number of aromatic amines is 1. The van der Waals surface area contributed by atoms with Gasteiger partial charge in [-0.25, -0.2) is 4.39 Å². The van der Waals surface area contributed by atoms with Gasteiger partial charge in [0.1, 0.15) is 24.4 Å². The molecule has 2 saturated heterocycles. The zero-order chi connectivity index (χ0) is 23.8. The number of halogens is 1. The Hall–Kier alpha value is -3.66. The first kappa shape index (κ1) is 21.8. The lowest BCUT2D eigenvalue weighted by atomic mass is 9.89. The Labute approximate surface area is 204 Å². The first-order chi connectivity index (χ1) is 17.2. The summed E-state index contributed by atoms with van der Waals surface area (Å²) < 4.78 is 25.4. The second kappa shape index (κ2) is 9.18. The number of hydrogen-bond donors (Lipinski definition) is 1. The predicted octanol–water partition coefficient (Wildman–Crippen LogP) is 5.62. The molecule has 1 N–H and O–H groups in total. The number of nitrogens with one attached hydrogen (secondary N) is 1. The topological polar surface area (TPSA) is 64.5 Å². The van der Waals surface area contributed by atoms with Gasteiger partial charge in [0.2, 0.25) is 6.29 Å². The maximum absolute atomic E-state index is 14.3. The van der Waals surface area contributed by atoms with Crippen LogP contribution in [0.1, 0.15) is 42.7 Å². The third kappa shape index (κ3) is 4.07. The van der Waals surface area contributed by atoms with E-state index in [1.54, 1.807) is 18.7 Å². The van der Waals surface area contributed by atoms with E-state index in [1.165, 1.54) is 17.3 Å². The molecule has 4 heterocycles. The number of nitrogens with zero attached hydrogens (tertiary/aromatic N) is 3. The van der Waals surface area contributed by atoms with Gasteiger partial charge in [-0.05, 0) is 61.4 Å². The Balaban J connectivity index is 1.07. The van der Waals surface area contributed by atoms with Crippen molar-refractivity contribution in [3.05, 3.63) is 72.1 Å². The zero-order valence-corrected chi connectivity index (χ0v) is 19.6. The van der Waals surface area contributed by atoms with Gasteiger partial charge < -0.3 is 24.3 Å². The number of benzene rings is 2. The van der Waals surface area contributed by atoms with Crippen LogP contribution < -0.4 is 9.80 Å². The highest BCUT2D eigenvalue weighted by molar-refractivity contribution is 5.95. The predicted molar refractivity (Wildman–Crippen MR) is 134 cm³/mol. The van der Waals surface area contributed by atoms with Gasteiger partial charge in [0.05, 0.1) is 22.2 Å². The molecule has 180 valence electrons. The van der Waals surface area contributed by atoms with Crippen LogP contribution in [0.4, 0.5) is 15.8 Å². The highest BCUT2D eigenvalue weighted by Crippen LogP contribution is 2.36. The third-order valence-electron chi connectivity index (χ3n) is 7.85. The maximum atomic E-state index is 14.3. The van der Waals surface area contributed by atoms with Gasteiger partial charge in [-0.2, -0.15) is 5.26 Å². The number of ether oxygens (including phenoxy) is 2. The van der Waals surface area contributed by atoms with E-state index >= 15 is 0 Å². The van der Waals surface area contributed by atoms with Crippen LogP contribution in [0.15, 0.2) is 55.1 Å². The van der Waals surface area contributed by atoms with E-state index in [0.717, 1.165) is 63.1 Å². The van der Waals surface area contributed by atoms with Crippen LogP contribution in [0.25, 0.3) is 10.9 Å². The van der Waals surface area contributed by atoms with Crippen LogP contribution in [0.3, 0.4) is 0 Å². The number of nitriles is 1. The quantitative estimate of drug-likeness (QED) is 0.534. The van der Waals surface area contributed by atoms with Crippen LogP contribution in [0.2, 0.25) is 0 Å². The minimum Gasteiger partial charge on any atom is -0.459 e. The molecule has 6 rings (SSSR count). The van der Waals surface area contributed by atoms with Crippen molar-refractivity contribution >= 4 is 22.3 Å². The molecular formula is C28H29FN4O2. The molecule has 0 spiro atoms. The summed E-state index contributed by atoms with van der Waals surface area (Å²) in [6.45, 7) is 3.84. The van der Waals surface area contributed by atoms with Gasteiger partial charge in [0, 0.05) is 44.0 Å². The number of rotatable bonds is 4. The Kier molecular flexibility index (Phi) is 5.73. The van der Waals surface area contributed by atoms with Crippen LogP contribution >= 0.6 is 0 Å². The minimum absolute atomic E-state index is 0.109. The molecule has 0 unspecified atom stereocenters. The largest absolute Gasteiger partial charge is 0.459 e. The van der Waals surface area contributed by atoms with Crippen molar-refractivity contribution in [1.29, 1.82) is 5.26 Å². The van der Waals surface area contributed by atoms with E-state index in [2.05, 4.69) is 45.1 Å². The van der Waals surface area contributed by atoms with Crippen molar-refractivity contribution in [2.24, 2.45) is 5.92 Å². The monoisotopic (exact) mass is 472 g/mol. The second-order valence-corrected chi connectivity index (χ2v) is 9.72. The molecule has 35 heavy (non-hydrogen) atoms. The normalized spacial score (nSPS) is 19.7. The lowest BCUT2D eigenvalue weighted by Crippen LogP contribution is -2.38. The minimum atomic E-state index is -0.349. The van der Waals surface area contributed by atoms with Crippen LogP contribution in [-0.4, -0.2) is 37.5 Å². The fourth-order valence-corrected chi connectivity index (χ4v) is 5.86. The second-order valence-electron chi connectivity index (χ2n) is 9.72. The fraction of sp³-hybridized carbons (Fsp3) is 0.393. The third-order valence-corrected chi connectivity index (χ3v) is 7.85. The van der Waals surface area contributed by atoms with E-state index in [0.29, 0.717) is 22.8 Å². The SMILES string of the molecule is N#Cc1c[nH]c2c(N3CCC(c4ccc(N5CCC(C6OC=CO6)CC5)cc4)CC3)ccc(F)c12. The van der Waals surface area contributed by atoms with Crippen molar-refractivity contribution in [3.63, 3.8) is 0 Å². The number of H-pyrrole nitrogens is 1. The summed E-state index contributed by atoms with van der Waals surface area (Å²) in [6.07, 6.45) is 9.01. The highest BCUT2D eigenvalue weighted by atomic mass is 19.1. The first-order valence-electron chi connectivity index (χ1n) is 12.5. The Bertz CT molecular complexity index is 1250. The molecular weight excluding hydrogens is 443 g/mol. The standard InChI is InChI=1S/C28H29FN4O2/c29-24-5-6-25(27-26(24)22(17-30)18-31-27)33-13-7-20(8-14-33)19-1-3-23(4-2-19)32-11-9-21(10-12-32)28-34-15-16-35-28/h1-6,15-16,18,20-21,28,31H,7-14H2. The molecule has 2 fully saturated rings. The highest BCUT2D eigenvalue weighted by Gasteiger charge is 2.30. The lowest BCUT2D eigenvalue weighted by Gasteiger charge is -2.36. The average molecular weight is 473 g/mol. The molecule has 7 heteroatoms. The maximum Gasteiger partial charge on any atom is 0.242 e. The fourth-order valence-electron chi connectivity index (χ4n) is 5.86. The summed E-state index contributed by atoms with van der Waals surface area (Å²) in [5.41, 5.74) is 4.72. The van der Waals surface area contributed by atoms with E-state index in [1.807, 2.05) is 6.07 Å². The van der Waals surface area contributed by atoms with E-state index in [4.69, 9.17) is 9.47 Å². The van der Waals surface area contributed by atoms with Crippen LogP contribution in [-0.2, 0) is 9.47 Å². The molecule has 3 aliphatic rings. The molecule has 2 aromatic carbocycles. The van der Waals surface area contributed by atoms with E-state index in [9.17, 15) is 9.65 Å². The Morgan fingerprint density at radius 1 is 0.886 bits per heavy atom. The molecule has 0 radical (unpaired) electrons. The van der Waals surface area contributed by atoms with Gasteiger partial charge >= 0.3 is 0 Å². The summed E-state index contributed by atoms with van der Waals surface area (Å²) in [4.78, 5) is 7.88. The summed E-state index contributed by atoms with van der Waals surface area (Å²) in [5.74, 6) is 0.618. The molecule has 0 atom stereocenters. The summed E-state index contributed by atoms with van der Waals surface area (Å²) in [7, 11) is 0. The average Bonchev–Trinajstić information content (AvgIpc) is 3.61. The molecule has 0 amide bonds. The van der Waals surface area contributed by atoms with E-state index in [-0.39, 0.29) is 12.1 Å². The first-order valence-corrected chi connectivity index (χ1v) is 12.5. The number of anilines is 2. The number of hydrogen-bond acceptors (Lipinski definition) is 5. The Morgan fingerprint density at radius 2 is 1.57 bits per heavy atom. The van der Waals surface area contributed by atoms with Crippen LogP contribution in [0, 0.1) is 23.1 Å². The summed E-state index contributed by atoms with van der Waals surface area (Å²) in [5, 5.41) is 9.70. The van der Waals surface area contributed by atoms with Gasteiger partial charge in [0.15, 0.2) is 0 Å². The van der Waals surface area contributed by atoms with Crippen molar-refractivity contribution in [2.45, 2.75) is 37.9 Å². The lowest BCUT2D eigenvalue weighted by molar-refractivity contribution is -0.0728. The summed E-state index contributed by atoms with van der Waals surface area (Å²) in [6, 6.07) is 14.5. The van der Waals surface area contributed by atoms with Crippen molar-refractivity contribution in [2.75, 3.05) is 36.0 Å². The zero-order valence-electron chi connectivity index (χ0n) is 19.6. The molecule has 0 bridgehead atoms. The van der Waals surface area contributed by atoms with Gasteiger partial charge in [0.25, 0.3) is 0 Å². The smallest absolute Gasteiger partial charge is 0.242 e. The molecule has 3 aromatic rings. The molecule has 6 nitrogen and oxygen atoms in total. The van der Waals surface area contributed by atoms with Crippen molar-refractivity contribution in [3.8, 4) is 6.07 Å². The molecule has 3 aliphatic heterocycles. The number of fused-ring (bicyclic) bond motifs is 1. The van der Waals surface area contributed by atoms with Gasteiger partial charge in [-0.15, -0.1) is 0 Å². The van der Waals surface area contributed by atoms with Gasteiger partial charge in [-0.3, -0.25) is 0 Å². The van der Waals surface area contributed by atoms with Crippen molar-refractivity contribution < 1.29 is 13.9 Å². The molecule has 1 aromatic heterocycles. The van der Waals surface area contributed by atoms with Crippen molar-refractivity contribution in [1.82, 2.24) is 4.98 Å². The Morgan fingerprint density at radius 3 is 2.26 bits per heavy atom.